The maximum absolute atomic E-state index is 12.8. The predicted octanol–water partition coefficient (Wildman–Crippen LogP) is 2.01. The molecule has 0 saturated carbocycles. The van der Waals surface area contributed by atoms with Crippen molar-refractivity contribution in [2.75, 3.05) is 44.7 Å². The Morgan fingerprint density at radius 3 is 2.24 bits per heavy atom. The fraction of sp³-hybridized carbons (Fsp3) is 0.409. The number of carbonyl (C=O) groups excluding carboxylic acids is 2. The summed E-state index contributed by atoms with van der Waals surface area (Å²) in [6.45, 7) is 7.19. The number of piperazine rings is 1. The highest BCUT2D eigenvalue weighted by atomic mass is 16.6. The Morgan fingerprint density at radius 2 is 1.66 bits per heavy atom. The van der Waals surface area contributed by atoms with Gasteiger partial charge in [0.05, 0.1) is 13.7 Å². The number of carbonyl (C=O) groups is 2. The van der Waals surface area contributed by atoms with E-state index in [9.17, 15) is 9.59 Å². The number of methoxy groups -OCH3 is 1. The van der Waals surface area contributed by atoms with Crippen molar-refractivity contribution in [2.45, 2.75) is 20.0 Å². The molecule has 1 aliphatic heterocycles. The molecule has 3 rings (SSSR count). The number of ether oxygens (including phenoxy) is 2. The van der Waals surface area contributed by atoms with E-state index in [1.165, 1.54) is 7.11 Å². The van der Waals surface area contributed by atoms with E-state index in [1.807, 2.05) is 24.8 Å². The second kappa shape index (κ2) is 9.52. The van der Waals surface area contributed by atoms with Gasteiger partial charge in [0, 0.05) is 43.3 Å². The van der Waals surface area contributed by atoms with E-state index in [0.717, 1.165) is 43.3 Å². The number of ketones is 1. The highest BCUT2D eigenvalue weighted by Gasteiger charge is 2.32. The fourth-order valence-corrected chi connectivity index (χ4v) is 3.45. The Labute approximate surface area is 171 Å². The number of rotatable bonds is 7. The molecule has 2 heterocycles. The molecule has 2 aromatic rings. The molecule has 0 bridgehead atoms. The lowest BCUT2D eigenvalue weighted by Gasteiger charge is -2.36. The molecule has 1 aromatic carbocycles. The summed E-state index contributed by atoms with van der Waals surface area (Å²) in [6, 6.07) is 13.0. The van der Waals surface area contributed by atoms with Gasteiger partial charge in [0.2, 0.25) is 0 Å². The number of hydrogen-bond acceptors (Lipinski definition) is 7. The summed E-state index contributed by atoms with van der Waals surface area (Å²) < 4.78 is 10.4. The summed E-state index contributed by atoms with van der Waals surface area (Å²) in [5, 5.41) is 0. The van der Waals surface area contributed by atoms with Crippen LogP contribution in [0, 0.1) is 13.8 Å². The van der Waals surface area contributed by atoms with Crippen molar-refractivity contribution in [3.8, 4) is 5.75 Å². The van der Waals surface area contributed by atoms with Gasteiger partial charge in [0.1, 0.15) is 5.75 Å². The number of Topliss-reactive ketones (excluding diaryl/α,β-unsaturated/α-hetero) is 1. The van der Waals surface area contributed by atoms with Gasteiger partial charge in [-0.25, -0.2) is 4.79 Å². The average molecular weight is 397 g/mol. The highest BCUT2D eigenvalue weighted by Crippen LogP contribution is 2.19. The number of nitrogens with zero attached hydrogens (tertiary/aromatic N) is 3. The van der Waals surface area contributed by atoms with Crippen molar-refractivity contribution in [3.05, 3.63) is 53.9 Å². The number of esters is 1. The first-order valence-electron chi connectivity index (χ1n) is 9.71. The van der Waals surface area contributed by atoms with E-state index in [2.05, 4.69) is 22.0 Å². The zero-order chi connectivity index (χ0) is 20.8. The summed E-state index contributed by atoms with van der Waals surface area (Å²) in [5.41, 5.74) is 3.15. The normalized spacial score (nSPS) is 15.6. The predicted molar refractivity (Wildman–Crippen MR) is 110 cm³/mol. The second-order valence-electron chi connectivity index (χ2n) is 7.17. The number of pyridine rings is 1. The first-order valence-corrected chi connectivity index (χ1v) is 9.71. The quantitative estimate of drug-likeness (QED) is 0.523. The Bertz CT molecular complexity index is 828. The largest absolute Gasteiger partial charge is 0.471 e. The molecule has 1 saturated heterocycles. The standard InChI is InChI=1S/C22H27N3O4/c1-16-13-18(14-17(2)23-16)25-11-9-24(10-12-25)15-20(26)21(22(27)28-3)29-19-7-5-4-6-8-19/h4-8,13-14,21H,9-12,15H2,1-3H3. The molecule has 1 unspecified atom stereocenters. The summed E-state index contributed by atoms with van der Waals surface area (Å²) >= 11 is 0. The van der Waals surface area contributed by atoms with Crippen molar-refractivity contribution < 1.29 is 19.1 Å². The second-order valence-corrected chi connectivity index (χ2v) is 7.17. The minimum absolute atomic E-state index is 0.148. The zero-order valence-electron chi connectivity index (χ0n) is 17.1. The van der Waals surface area contributed by atoms with E-state index < -0.39 is 12.1 Å². The van der Waals surface area contributed by atoms with Crippen LogP contribution in [0.3, 0.4) is 0 Å². The van der Waals surface area contributed by atoms with Crippen LogP contribution in [0.1, 0.15) is 11.4 Å². The Morgan fingerprint density at radius 1 is 1.03 bits per heavy atom. The molecule has 154 valence electrons. The van der Waals surface area contributed by atoms with E-state index in [1.54, 1.807) is 24.3 Å². The summed E-state index contributed by atoms with van der Waals surface area (Å²) in [6.07, 6.45) is -1.26. The van der Waals surface area contributed by atoms with Gasteiger partial charge in [-0.1, -0.05) is 18.2 Å². The van der Waals surface area contributed by atoms with Crippen molar-refractivity contribution in [2.24, 2.45) is 0 Å². The molecule has 1 atom stereocenters. The lowest BCUT2D eigenvalue weighted by molar-refractivity contribution is -0.153. The molecule has 7 nitrogen and oxygen atoms in total. The molecule has 29 heavy (non-hydrogen) atoms. The van der Waals surface area contributed by atoms with Crippen LogP contribution in [-0.2, 0) is 14.3 Å². The van der Waals surface area contributed by atoms with Gasteiger partial charge in [-0.2, -0.15) is 0 Å². The maximum atomic E-state index is 12.8. The summed E-state index contributed by atoms with van der Waals surface area (Å²) in [7, 11) is 1.26. The van der Waals surface area contributed by atoms with Crippen LogP contribution in [0.5, 0.6) is 5.75 Å². The number of anilines is 1. The molecule has 1 aliphatic rings. The topological polar surface area (TPSA) is 72.0 Å². The monoisotopic (exact) mass is 397 g/mol. The van der Waals surface area contributed by atoms with Crippen molar-refractivity contribution in [3.63, 3.8) is 0 Å². The molecular formula is C22H27N3O4. The van der Waals surface area contributed by atoms with Crippen LogP contribution in [0.15, 0.2) is 42.5 Å². The average Bonchev–Trinajstić information content (AvgIpc) is 2.72. The number of benzene rings is 1. The Kier molecular flexibility index (Phi) is 6.82. The summed E-state index contributed by atoms with van der Waals surface area (Å²) in [5.74, 6) is -0.519. The SMILES string of the molecule is COC(=O)C(Oc1ccccc1)C(=O)CN1CCN(c2cc(C)nc(C)c2)CC1. The molecule has 7 heteroatoms. The third-order valence-electron chi connectivity index (χ3n) is 4.89. The number of para-hydroxylation sites is 1. The first kappa shape index (κ1) is 20.8. The molecule has 1 aromatic heterocycles. The maximum Gasteiger partial charge on any atom is 0.355 e. The van der Waals surface area contributed by atoms with Crippen LogP contribution in [0.2, 0.25) is 0 Å². The van der Waals surface area contributed by atoms with E-state index >= 15 is 0 Å². The molecule has 0 amide bonds. The van der Waals surface area contributed by atoms with Crippen molar-refractivity contribution in [1.82, 2.24) is 9.88 Å². The van der Waals surface area contributed by atoms with Crippen LogP contribution in [0.4, 0.5) is 5.69 Å². The number of hydrogen-bond donors (Lipinski definition) is 0. The van der Waals surface area contributed by atoms with E-state index in [0.29, 0.717) is 5.75 Å². The third kappa shape index (κ3) is 5.54. The third-order valence-corrected chi connectivity index (χ3v) is 4.89. The lowest BCUT2D eigenvalue weighted by atomic mass is 10.2. The molecular weight excluding hydrogens is 370 g/mol. The Hall–Kier alpha value is -2.93. The molecule has 0 N–H and O–H groups in total. The highest BCUT2D eigenvalue weighted by molar-refractivity contribution is 6.03. The van der Waals surface area contributed by atoms with Gasteiger partial charge in [0.15, 0.2) is 5.78 Å². The van der Waals surface area contributed by atoms with Crippen LogP contribution < -0.4 is 9.64 Å². The summed E-state index contributed by atoms with van der Waals surface area (Å²) in [4.78, 5) is 33.6. The van der Waals surface area contributed by atoms with Gasteiger partial charge >= 0.3 is 5.97 Å². The van der Waals surface area contributed by atoms with Gasteiger partial charge < -0.3 is 14.4 Å². The van der Waals surface area contributed by atoms with Gasteiger partial charge in [-0.05, 0) is 38.1 Å². The van der Waals surface area contributed by atoms with Gasteiger partial charge in [-0.3, -0.25) is 14.7 Å². The molecule has 1 fully saturated rings. The van der Waals surface area contributed by atoms with Crippen LogP contribution in [0.25, 0.3) is 0 Å². The van der Waals surface area contributed by atoms with Crippen molar-refractivity contribution >= 4 is 17.4 Å². The molecule has 0 spiro atoms. The lowest BCUT2D eigenvalue weighted by Crippen LogP contribution is -2.50. The minimum Gasteiger partial charge on any atom is -0.471 e. The van der Waals surface area contributed by atoms with Crippen molar-refractivity contribution in [1.29, 1.82) is 0 Å². The van der Waals surface area contributed by atoms with Crippen LogP contribution in [-0.4, -0.2) is 67.6 Å². The zero-order valence-corrected chi connectivity index (χ0v) is 17.1. The number of aromatic nitrogens is 1. The van der Waals surface area contributed by atoms with Crippen LogP contribution >= 0.6 is 0 Å². The smallest absolute Gasteiger partial charge is 0.355 e. The molecule has 0 radical (unpaired) electrons. The van der Waals surface area contributed by atoms with Gasteiger partial charge in [-0.15, -0.1) is 0 Å². The van der Waals surface area contributed by atoms with E-state index in [-0.39, 0.29) is 12.3 Å². The minimum atomic E-state index is -1.26. The van der Waals surface area contributed by atoms with E-state index in [4.69, 9.17) is 9.47 Å². The Balaban J connectivity index is 1.59. The van der Waals surface area contributed by atoms with Gasteiger partial charge in [0.25, 0.3) is 6.10 Å². The first-order chi connectivity index (χ1) is 14.0. The molecule has 0 aliphatic carbocycles. The fourth-order valence-electron chi connectivity index (χ4n) is 3.45. The number of aryl methyl sites for hydroxylation is 2.